The largest absolute Gasteiger partial charge is 0.204 e. The summed E-state index contributed by atoms with van der Waals surface area (Å²) in [5, 5.41) is 0. The van der Waals surface area contributed by atoms with Crippen molar-refractivity contribution in [2.75, 3.05) is 0 Å². The van der Waals surface area contributed by atoms with Crippen LogP contribution >= 0.6 is 0 Å². The van der Waals surface area contributed by atoms with Crippen LogP contribution in [-0.4, -0.2) is 0 Å². The van der Waals surface area contributed by atoms with Crippen LogP contribution in [-0.2, 0) is 0 Å². The van der Waals surface area contributed by atoms with E-state index < -0.39 is 17.5 Å². The van der Waals surface area contributed by atoms with Crippen LogP contribution < -0.4 is 0 Å². The minimum absolute atomic E-state index is 0.209. The summed E-state index contributed by atoms with van der Waals surface area (Å²) in [5.41, 5.74) is 0.601. The van der Waals surface area contributed by atoms with Crippen LogP contribution in [0.5, 0.6) is 0 Å². The van der Waals surface area contributed by atoms with Gasteiger partial charge in [-0.3, -0.25) is 0 Å². The van der Waals surface area contributed by atoms with Crippen LogP contribution in [0.3, 0.4) is 0 Å². The van der Waals surface area contributed by atoms with Gasteiger partial charge in [-0.25, -0.2) is 13.2 Å². The summed E-state index contributed by atoms with van der Waals surface area (Å²) in [6, 6.07) is 2.26. The molecule has 0 saturated heterocycles. The van der Waals surface area contributed by atoms with Gasteiger partial charge in [0.15, 0.2) is 17.5 Å². The molecule has 1 fully saturated rings. The number of rotatable bonds is 3. The monoisotopic (exact) mass is 228 g/mol. The number of hydrogen-bond acceptors (Lipinski definition) is 0. The van der Waals surface area contributed by atoms with Crippen LogP contribution in [0.2, 0.25) is 0 Å². The van der Waals surface area contributed by atoms with Crippen molar-refractivity contribution in [2.45, 2.75) is 38.5 Å². The van der Waals surface area contributed by atoms with Crippen molar-refractivity contribution in [3.63, 3.8) is 0 Å². The van der Waals surface area contributed by atoms with E-state index in [1.807, 2.05) is 0 Å². The average molecular weight is 228 g/mol. The second-order valence-electron chi connectivity index (χ2n) is 4.62. The van der Waals surface area contributed by atoms with Gasteiger partial charge in [0.2, 0.25) is 0 Å². The summed E-state index contributed by atoms with van der Waals surface area (Å²) in [4.78, 5) is 0. The number of halogens is 3. The summed E-state index contributed by atoms with van der Waals surface area (Å²) in [5.74, 6) is -2.64. The molecule has 0 radical (unpaired) electrons. The zero-order valence-electron chi connectivity index (χ0n) is 9.27. The van der Waals surface area contributed by atoms with Crippen molar-refractivity contribution >= 4 is 0 Å². The molecule has 1 aliphatic rings. The summed E-state index contributed by atoms with van der Waals surface area (Å²) >= 11 is 0. The first-order valence-corrected chi connectivity index (χ1v) is 5.76. The molecule has 0 nitrogen and oxygen atoms in total. The lowest BCUT2D eigenvalue weighted by Gasteiger charge is -2.35. The minimum Gasteiger partial charge on any atom is -0.204 e. The zero-order valence-corrected chi connectivity index (χ0v) is 9.27. The molecule has 88 valence electrons. The van der Waals surface area contributed by atoms with Crippen molar-refractivity contribution in [3.05, 3.63) is 35.1 Å². The molecule has 1 aliphatic carbocycles. The molecule has 2 rings (SSSR count). The van der Waals surface area contributed by atoms with Crippen molar-refractivity contribution in [3.8, 4) is 0 Å². The quantitative estimate of drug-likeness (QED) is 0.673. The van der Waals surface area contributed by atoms with E-state index in [9.17, 15) is 13.2 Å². The Bertz CT molecular complexity index is 358. The fourth-order valence-electron chi connectivity index (χ4n) is 2.46. The van der Waals surface area contributed by atoms with Gasteiger partial charge >= 0.3 is 0 Å². The SMILES string of the molecule is CCCC1CC(c2cc(F)c(F)c(F)c2)C1. The second kappa shape index (κ2) is 4.48. The molecule has 1 aromatic rings. The van der Waals surface area contributed by atoms with Crippen LogP contribution in [0.1, 0.15) is 44.1 Å². The van der Waals surface area contributed by atoms with E-state index in [0.717, 1.165) is 31.4 Å². The molecule has 0 bridgehead atoms. The predicted octanol–water partition coefficient (Wildman–Crippen LogP) is 4.40. The van der Waals surface area contributed by atoms with E-state index in [2.05, 4.69) is 6.92 Å². The summed E-state index contributed by atoms with van der Waals surface area (Å²) in [6.07, 6.45) is 4.25. The first kappa shape index (κ1) is 11.5. The zero-order chi connectivity index (χ0) is 11.7. The minimum atomic E-state index is -1.37. The van der Waals surface area contributed by atoms with Gasteiger partial charge in [-0.05, 0) is 42.4 Å². The van der Waals surface area contributed by atoms with Gasteiger partial charge in [-0.2, -0.15) is 0 Å². The van der Waals surface area contributed by atoms with Gasteiger partial charge in [-0.15, -0.1) is 0 Å². The molecule has 0 atom stereocenters. The molecular weight excluding hydrogens is 213 g/mol. The summed E-state index contributed by atoms with van der Waals surface area (Å²) in [7, 11) is 0. The highest BCUT2D eigenvalue weighted by molar-refractivity contribution is 5.25. The normalized spacial score (nSPS) is 24.2. The Morgan fingerprint density at radius 2 is 1.69 bits per heavy atom. The van der Waals surface area contributed by atoms with E-state index >= 15 is 0 Å². The van der Waals surface area contributed by atoms with E-state index in [1.165, 1.54) is 6.42 Å². The molecule has 0 aromatic heterocycles. The van der Waals surface area contributed by atoms with Gasteiger partial charge in [0, 0.05) is 0 Å². The lowest BCUT2D eigenvalue weighted by atomic mass is 9.70. The smallest absolute Gasteiger partial charge is 0.194 e. The molecule has 0 heterocycles. The topological polar surface area (TPSA) is 0 Å². The predicted molar refractivity (Wildman–Crippen MR) is 56.7 cm³/mol. The van der Waals surface area contributed by atoms with Crippen molar-refractivity contribution < 1.29 is 13.2 Å². The van der Waals surface area contributed by atoms with Crippen LogP contribution in [0.4, 0.5) is 13.2 Å². The molecule has 0 aliphatic heterocycles. The number of hydrogen-bond donors (Lipinski definition) is 0. The van der Waals surface area contributed by atoms with Crippen molar-refractivity contribution in [1.82, 2.24) is 0 Å². The Kier molecular flexibility index (Phi) is 3.22. The third-order valence-electron chi connectivity index (χ3n) is 3.41. The van der Waals surface area contributed by atoms with Gasteiger partial charge in [0.05, 0.1) is 0 Å². The Balaban J connectivity index is 2.07. The number of benzene rings is 1. The maximum absolute atomic E-state index is 13.0. The van der Waals surface area contributed by atoms with E-state index in [1.54, 1.807) is 0 Å². The first-order valence-electron chi connectivity index (χ1n) is 5.76. The summed E-state index contributed by atoms with van der Waals surface area (Å²) < 4.78 is 38.7. The molecule has 3 heteroatoms. The molecule has 0 spiro atoms. The molecule has 16 heavy (non-hydrogen) atoms. The fourth-order valence-corrected chi connectivity index (χ4v) is 2.46. The average Bonchev–Trinajstić information content (AvgIpc) is 2.18. The van der Waals surface area contributed by atoms with E-state index in [-0.39, 0.29) is 5.92 Å². The second-order valence-corrected chi connectivity index (χ2v) is 4.62. The van der Waals surface area contributed by atoms with Crippen LogP contribution in [0.15, 0.2) is 12.1 Å². The molecule has 0 N–H and O–H groups in total. The van der Waals surface area contributed by atoms with Crippen LogP contribution in [0.25, 0.3) is 0 Å². The van der Waals surface area contributed by atoms with E-state index in [0.29, 0.717) is 11.5 Å². The van der Waals surface area contributed by atoms with E-state index in [4.69, 9.17) is 0 Å². The Morgan fingerprint density at radius 1 is 1.12 bits per heavy atom. The van der Waals surface area contributed by atoms with Crippen LogP contribution in [0, 0.1) is 23.4 Å². The standard InChI is InChI=1S/C13H15F3/c1-2-3-8-4-9(5-8)10-6-11(14)13(16)12(15)7-10/h6-9H,2-5H2,1H3. The highest BCUT2D eigenvalue weighted by atomic mass is 19.2. The van der Waals surface area contributed by atoms with Gasteiger partial charge < -0.3 is 0 Å². The molecule has 0 unspecified atom stereocenters. The maximum atomic E-state index is 13.0. The first-order chi connectivity index (χ1) is 7.61. The van der Waals surface area contributed by atoms with Gasteiger partial charge in [0.25, 0.3) is 0 Å². The third-order valence-corrected chi connectivity index (χ3v) is 3.41. The summed E-state index contributed by atoms with van der Waals surface area (Å²) in [6.45, 7) is 2.13. The Hall–Kier alpha value is -0.990. The third kappa shape index (κ3) is 2.08. The molecule has 0 amide bonds. The van der Waals surface area contributed by atoms with Crippen molar-refractivity contribution in [1.29, 1.82) is 0 Å². The Morgan fingerprint density at radius 3 is 2.19 bits per heavy atom. The maximum Gasteiger partial charge on any atom is 0.194 e. The molecule has 1 saturated carbocycles. The van der Waals surface area contributed by atoms with Crippen molar-refractivity contribution in [2.24, 2.45) is 5.92 Å². The van der Waals surface area contributed by atoms with Gasteiger partial charge in [-0.1, -0.05) is 19.8 Å². The lowest BCUT2D eigenvalue weighted by Crippen LogP contribution is -2.22. The van der Waals surface area contributed by atoms with Gasteiger partial charge in [0.1, 0.15) is 0 Å². The highest BCUT2D eigenvalue weighted by Crippen LogP contribution is 2.44. The Labute approximate surface area is 93.5 Å². The lowest BCUT2D eigenvalue weighted by molar-refractivity contribution is 0.245. The fraction of sp³-hybridized carbons (Fsp3) is 0.538. The molecule has 1 aromatic carbocycles. The highest BCUT2D eigenvalue weighted by Gasteiger charge is 2.30. The molecular formula is C13H15F3.